The quantitative estimate of drug-likeness (QED) is 0.859. The van der Waals surface area contributed by atoms with Crippen molar-refractivity contribution in [3.8, 4) is 0 Å². The molecule has 1 aromatic rings. The molecule has 1 fully saturated rings. The topological polar surface area (TPSA) is 47.1 Å². The molecule has 0 aliphatic carbocycles. The average molecular weight is 313 g/mol. The van der Waals surface area contributed by atoms with Crippen molar-refractivity contribution in [3.63, 3.8) is 0 Å². The SMILES string of the molecule is CN1CCC(c2nc(Br)c3n2CC(N)CC3)CC1. The fourth-order valence-electron chi connectivity index (χ4n) is 3.14. The minimum atomic E-state index is 0.295. The van der Waals surface area contributed by atoms with Crippen LogP contribution >= 0.6 is 15.9 Å². The third-order valence-electron chi connectivity index (χ3n) is 4.31. The summed E-state index contributed by atoms with van der Waals surface area (Å²) in [5, 5.41) is 0. The summed E-state index contributed by atoms with van der Waals surface area (Å²) in [6.07, 6.45) is 4.57. The number of halogens is 1. The molecule has 0 saturated carbocycles. The highest BCUT2D eigenvalue weighted by Gasteiger charge is 2.28. The highest BCUT2D eigenvalue weighted by molar-refractivity contribution is 9.10. The standard InChI is InChI=1S/C13H21BrN4/c1-17-6-4-9(5-7-17)13-16-12(14)11-3-2-10(15)8-18(11)13/h9-10H,2-8,15H2,1H3. The fourth-order valence-corrected chi connectivity index (χ4v) is 3.74. The van der Waals surface area contributed by atoms with E-state index in [0.717, 1.165) is 24.0 Å². The number of rotatable bonds is 1. The Morgan fingerprint density at radius 1 is 1.28 bits per heavy atom. The van der Waals surface area contributed by atoms with Crippen LogP contribution in [0.4, 0.5) is 0 Å². The molecular weight excluding hydrogens is 292 g/mol. The van der Waals surface area contributed by atoms with Crippen molar-refractivity contribution in [2.45, 2.75) is 44.2 Å². The maximum Gasteiger partial charge on any atom is 0.127 e. The number of likely N-dealkylation sites (tertiary alicyclic amines) is 1. The second kappa shape index (κ2) is 4.94. The molecule has 1 atom stereocenters. The number of aromatic nitrogens is 2. The first-order valence-corrected chi connectivity index (χ1v) is 7.63. The van der Waals surface area contributed by atoms with E-state index in [2.05, 4.69) is 32.4 Å². The van der Waals surface area contributed by atoms with Crippen molar-refractivity contribution >= 4 is 15.9 Å². The van der Waals surface area contributed by atoms with Crippen LogP contribution < -0.4 is 5.73 Å². The van der Waals surface area contributed by atoms with E-state index in [0.29, 0.717) is 12.0 Å². The Kier molecular flexibility index (Phi) is 3.47. The predicted molar refractivity (Wildman–Crippen MR) is 75.7 cm³/mol. The highest BCUT2D eigenvalue weighted by Crippen LogP contribution is 2.32. The Balaban J connectivity index is 1.88. The van der Waals surface area contributed by atoms with E-state index in [1.165, 1.54) is 37.4 Å². The summed E-state index contributed by atoms with van der Waals surface area (Å²) in [7, 11) is 2.20. The normalized spacial score (nSPS) is 26.3. The molecule has 5 heteroatoms. The van der Waals surface area contributed by atoms with Crippen LogP contribution in [0.3, 0.4) is 0 Å². The zero-order valence-electron chi connectivity index (χ0n) is 10.9. The van der Waals surface area contributed by atoms with Gasteiger partial charge in [0.1, 0.15) is 10.4 Å². The lowest BCUT2D eigenvalue weighted by atomic mass is 9.95. The third kappa shape index (κ3) is 2.24. The van der Waals surface area contributed by atoms with Gasteiger partial charge in [-0.25, -0.2) is 4.98 Å². The highest BCUT2D eigenvalue weighted by atomic mass is 79.9. The number of fused-ring (bicyclic) bond motifs is 1. The smallest absolute Gasteiger partial charge is 0.127 e. The molecule has 0 radical (unpaired) electrons. The summed E-state index contributed by atoms with van der Waals surface area (Å²) in [5.41, 5.74) is 7.46. The van der Waals surface area contributed by atoms with Gasteiger partial charge in [-0.1, -0.05) is 0 Å². The van der Waals surface area contributed by atoms with Gasteiger partial charge in [0.05, 0.1) is 5.69 Å². The zero-order valence-corrected chi connectivity index (χ0v) is 12.5. The van der Waals surface area contributed by atoms with Gasteiger partial charge in [0.25, 0.3) is 0 Å². The van der Waals surface area contributed by atoms with Crippen molar-refractivity contribution in [2.24, 2.45) is 5.73 Å². The van der Waals surface area contributed by atoms with E-state index in [1.54, 1.807) is 0 Å². The third-order valence-corrected chi connectivity index (χ3v) is 4.94. The van der Waals surface area contributed by atoms with E-state index in [9.17, 15) is 0 Å². The van der Waals surface area contributed by atoms with Crippen molar-refractivity contribution in [1.29, 1.82) is 0 Å². The summed E-state index contributed by atoms with van der Waals surface area (Å²) in [6.45, 7) is 3.29. The van der Waals surface area contributed by atoms with Gasteiger partial charge >= 0.3 is 0 Å². The number of nitrogens with zero attached hydrogens (tertiary/aromatic N) is 3. The van der Waals surface area contributed by atoms with Gasteiger partial charge in [0.2, 0.25) is 0 Å². The van der Waals surface area contributed by atoms with Crippen LogP contribution in [0.1, 0.15) is 36.7 Å². The number of piperidine rings is 1. The maximum absolute atomic E-state index is 6.11. The molecule has 0 amide bonds. The van der Waals surface area contributed by atoms with E-state index in [-0.39, 0.29) is 0 Å². The summed E-state index contributed by atoms with van der Waals surface area (Å²) < 4.78 is 3.43. The van der Waals surface area contributed by atoms with Gasteiger partial charge < -0.3 is 15.2 Å². The maximum atomic E-state index is 6.11. The molecule has 0 spiro atoms. The number of hydrogen-bond acceptors (Lipinski definition) is 3. The minimum Gasteiger partial charge on any atom is -0.329 e. The van der Waals surface area contributed by atoms with Gasteiger partial charge in [0, 0.05) is 18.5 Å². The Labute approximate surface area is 117 Å². The fraction of sp³-hybridized carbons (Fsp3) is 0.769. The van der Waals surface area contributed by atoms with Crippen LogP contribution in [0.25, 0.3) is 0 Å². The minimum absolute atomic E-state index is 0.295. The molecule has 0 aromatic carbocycles. The lowest BCUT2D eigenvalue weighted by molar-refractivity contribution is 0.247. The molecule has 2 aliphatic heterocycles. The van der Waals surface area contributed by atoms with Gasteiger partial charge in [-0.15, -0.1) is 0 Å². The predicted octanol–water partition coefficient (Wildman–Crippen LogP) is 1.73. The summed E-state index contributed by atoms with van der Waals surface area (Å²) in [5.74, 6) is 1.87. The monoisotopic (exact) mass is 312 g/mol. The number of hydrogen-bond donors (Lipinski definition) is 1. The second-order valence-corrected chi connectivity index (χ2v) is 6.45. The van der Waals surface area contributed by atoms with E-state index in [4.69, 9.17) is 10.7 Å². The Hall–Kier alpha value is -0.390. The Morgan fingerprint density at radius 2 is 2.00 bits per heavy atom. The van der Waals surface area contributed by atoms with Gasteiger partial charge in [0.15, 0.2) is 0 Å². The summed E-state index contributed by atoms with van der Waals surface area (Å²) >= 11 is 3.62. The molecule has 0 bridgehead atoms. The van der Waals surface area contributed by atoms with Crippen molar-refractivity contribution in [3.05, 3.63) is 16.1 Å². The summed E-state index contributed by atoms with van der Waals surface area (Å²) in [6, 6.07) is 0.295. The van der Waals surface area contributed by atoms with Crippen molar-refractivity contribution in [1.82, 2.24) is 14.5 Å². The van der Waals surface area contributed by atoms with Crippen molar-refractivity contribution in [2.75, 3.05) is 20.1 Å². The molecule has 1 aromatic heterocycles. The van der Waals surface area contributed by atoms with Crippen molar-refractivity contribution < 1.29 is 0 Å². The lowest BCUT2D eigenvalue weighted by Crippen LogP contribution is -2.35. The average Bonchev–Trinajstić information content (AvgIpc) is 2.67. The van der Waals surface area contributed by atoms with Crippen LogP contribution in [-0.2, 0) is 13.0 Å². The first-order chi connectivity index (χ1) is 8.65. The molecule has 2 aliphatic rings. The first kappa shape index (κ1) is 12.6. The molecule has 2 N–H and O–H groups in total. The van der Waals surface area contributed by atoms with Gasteiger partial charge in [-0.2, -0.15) is 0 Å². The summed E-state index contributed by atoms with van der Waals surface area (Å²) in [4.78, 5) is 7.18. The Morgan fingerprint density at radius 3 is 2.72 bits per heavy atom. The first-order valence-electron chi connectivity index (χ1n) is 6.84. The molecule has 3 heterocycles. The van der Waals surface area contributed by atoms with Crippen LogP contribution in [0.2, 0.25) is 0 Å². The van der Waals surface area contributed by atoms with Crippen LogP contribution in [0.15, 0.2) is 4.60 Å². The van der Waals surface area contributed by atoms with E-state index in [1.807, 2.05) is 0 Å². The number of imidazole rings is 1. The van der Waals surface area contributed by atoms with Crippen LogP contribution in [-0.4, -0.2) is 40.6 Å². The van der Waals surface area contributed by atoms with Crippen LogP contribution in [0.5, 0.6) is 0 Å². The Bertz CT molecular complexity index is 434. The van der Waals surface area contributed by atoms with Crippen LogP contribution in [0, 0.1) is 0 Å². The molecule has 100 valence electrons. The molecule has 3 rings (SSSR count). The molecule has 1 saturated heterocycles. The number of nitrogens with two attached hydrogens (primary N) is 1. The lowest BCUT2D eigenvalue weighted by Gasteiger charge is -2.30. The molecular formula is C13H21BrN4. The van der Waals surface area contributed by atoms with E-state index >= 15 is 0 Å². The zero-order chi connectivity index (χ0) is 12.7. The van der Waals surface area contributed by atoms with E-state index < -0.39 is 0 Å². The van der Waals surface area contributed by atoms with Gasteiger partial charge in [-0.3, -0.25) is 0 Å². The molecule has 4 nitrogen and oxygen atoms in total. The van der Waals surface area contributed by atoms with Gasteiger partial charge in [-0.05, 0) is 61.8 Å². The second-order valence-electron chi connectivity index (χ2n) is 5.69. The molecule has 1 unspecified atom stereocenters. The largest absolute Gasteiger partial charge is 0.329 e. The molecule has 18 heavy (non-hydrogen) atoms.